The number of aliphatic hydroxyl groups is 1. The number of carbonyl (C=O) groups is 3. The number of ketones is 1. The summed E-state index contributed by atoms with van der Waals surface area (Å²) in [5, 5.41) is 8.59. The molecule has 0 aromatic rings. The Morgan fingerprint density at radius 1 is 1.42 bits per heavy atom. The highest BCUT2D eigenvalue weighted by Gasteiger charge is 2.16. The normalized spacial score (nSPS) is 11.9. The molecule has 0 rings (SSSR count). The van der Waals surface area contributed by atoms with Crippen molar-refractivity contribution in [1.29, 1.82) is 0 Å². The summed E-state index contributed by atoms with van der Waals surface area (Å²) in [6, 6.07) is 0. The second-order valence-corrected chi connectivity index (χ2v) is 2.35. The van der Waals surface area contributed by atoms with Crippen molar-refractivity contribution in [3.8, 4) is 0 Å². The number of rotatable bonds is 3. The first kappa shape index (κ1) is 10.8. The van der Waals surface area contributed by atoms with Gasteiger partial charge in [-0.25, -0.2) is 4.79 Å². The first-order valence-electron chi connectivity index (χ1n) is 3.35. The molecule has 0 bridgehead atoms. The van der Waals surface area contributed by atoms with Gasteiger partial charge >= 0.3 is 11.9 Å². The highest BCUT2D eigenvalue weighted by molar-refractivity contribution is 5.98. The van der Waals surface area contributed by atoms with Gasteiger partial charge < -0.3 is 9.84 Å². The molecule has 0 amide bonds. The molecule has 1 N–H and O–H groups in total. The topological polar surface area (TPSA) is 80.7 Å². The van der Waals surface area contributed by atoms with Gasteiger partial charge in [0.2, 0.25) is 0 Å². The highest BCUT2D eigenvalue weighted by Crippen LogP contribution is 1.92. The van der Waals surface area contributed by atoms with Crippen LogP contribution in [0.25, 0.3) is 0 Å². The monoisotopic (exact) mass is 174 g/mol. The summed E-state index contributed by atoms with van der Waals surface area (Å²) in [6.07, 6.45) is -1.79. The number of aliphatic hydroxyl groups excluding tert-OH is 1. The number of esters is 2. The third-order valence-corrected chi connectivity index (χ3v) is 0.949. The molecule has 0 aliphatic heterocycles. The first-order valence-corrected chi connectivity index (χ1v) is 3.35. The Balaban J connectivity index is 3.85. The van der Waals surface area contributed by atoms with Crippen LogP contribution in [0, 0.1) is 0 Å². The Bertz CT molecular complexity index is 206. The number of ether oxygens (including phenoxy) is 1. The van der Waals surface area contributed by atoms with E-state index in [1.165, 1.54) is 13.8 Å². The Labute approximate surface area is 69.3 Å². The summed E-state index contributed by atoms with van der Waals surface area (Å²) in [6.45, 7) is 2.37. The molecule has 1 atom stereocenters. The minimum Gasteiger partial charge on any atom is -0.391 e. The van der Waals surface area contributed by atoms with Crippen LogP contribution in [0.5, 0.6) is 0 Å². The number of hydrogen-bond acceptors (Lipinski definition) is 5. The van der Waals surface area contributed by atoms with Gasteiger partial charge in [-0.2, -0.15) is 0 Å². The molecule has 0 saturated carbocycles. The Morgan fingerprint density at radius 2 is 1.92 bits per heavy atom. The molecule has 0 saturated heterocycles. The second kappa shape index (κ2) is 4.61. The fraction of sp³-hybridized carbons (Fsp3) is 0.571. The maximum Gasteiger partial charge on any atom is 0.342 e. The van der Waals surface area contributed by atoms with Crippen molar-refractivity contribution in [2.24, 2.45) is 0 Å². The molecule has 1 unspecified atom stereocenters. The number of Topliss-reactive ketones (excluding diaryl/α,β-unsaturated/α-hetero) is 1. The van der Waals surface area contributed by atoms with Crippen LogP contribution < -0.4 is 0 Å². The quantitative estimate of drug-likeness (QED) is 0.457. The molecule has 12 heavy (non-hydrogen) atoms. The van der Waals surface area contributed by atoms with Crippen molar-refractivity contribution in [2.45, 2.75) is 26.4 Å². The van der Waals surface area contributed by atoms with E-state index in [4.69, 9.17) is 5.11 Å². The van der Waals surface area contributed by atoms with Gasteiger partial charge in [0.1, 0.15) is 18.3 Å². The van der Waals surface area contributed by atoms with E-state index in [2.05, 4.69) is 4.74 Å². The van der Waals surface area contributed by atoms with E-state index in [-0.39, 0.29) is 0 Å². The first-order chi connectivity index (χ1) is 5.43. The molecular weight excluding hydrogens is 164 g/mol. The third kappa shape index (κ3) is 4.56. The van der Waals surface area contributed by atoms with Gasteiger partial charge in [0.25, 0.3) is 0 Å². The SMILES string of the molecule is CC(=O)CC(=O)OC(=O)C(C)O. The van der Waals surface area contributed by atoms with Gasteiger partial charge in [0.05, 0.1) is 0 Å². The van der Waals surface area contributed by atoms with Crippen LogP contribution in [0.2, 0.25) is 0 Å². The predicted octanol–water partition coefficient (Wildman–Crippen LogP) is -0.584. The van der Waals surface area contributed by atoms with Crippen molar-refractivity contribution in [3.05, 3.63) is 0 Å². The lowest BCUT2D eigenvalue weighted by atomic mass is 10.3. The fourth-order valence-corrected chi connectivity index (χ4v) is 0.437. The van der Waals surface area contributed by atoms with Crippen LogP contribution in [-0.2, 0) is 19.1 Å². The summed E-state index contributed by atoms with van der Waals surface area (Å²) in [7, 11) is 0. The van der Waals surface area contributed by atoms with E-state index in [1.807, 2.05) is 0 Å². The van der Waals surface area contributed by atoms with Crippen LogP contribution in [0.3, 0.4) is 0 Å². The molecule has 0 radical (unpaired) electrons. The van der Waals surface area contributed by atoms with E-state index in [0.29, 0.717) is 0 Å². The lowest BCUT2D eigenvalue weighted by Crippen LogP contribution is -2.23. The van der Waals surface area contributed by atoms with Crippen LogP contribution in [0.4, 0.5) is 0 Å². The summed E-state index contributed by atoms with van der Waals surface area (Å²) in [5.74, 6) is -2.37. The van der Waals surface area contributed by atoms with E-state index >= 15 is 0 Å². The average Bonchev–Trinajstić information content (AvgIpc) is 1.84. The van der Waals surface area contributed by atoms with Crippen molar-refractivity contribution >= 4 is 17.7 Å². The van der Waals surface area contributed by atoms with E-state index in [9.17, 15) is 14.4 Å². The zero-order valence-corrected chi connectivity index (χ0v) is 6.86. The molecule has 0 heterocycles. The van der Waals surface area contributed by atoms with E-state index in [1.54, 1.807) is 0 Å². The van der Waals surface area contributed by atoms with Crippen molar-refractivity contribution < 1.29 is 24.2 Å². The number of hydrogen-bond donors (Lipinski definition) is 1. The van der Waals surface area contributed by atoms with Crippen molar-refractivity contribution in [2.75, 3.05) is 0 Å². The molecule has 0 aromatic carbocycles. The predicted molar refractivity (Wildman–Crippen MR) is 38.1 cm³/mol. The summed E-state index contributed by atoms with van der Waals surface area (Å²) in [5.41, 5.74) is 0. The Hall–Kier alpha value is -1.23. The smallest absolute Gasteiger partial charge is 0.342 e. The molecule has 0 spiro atoms. The van der Waals surface area contributed by atoms with Gasteiger partial charge in [0, 0.05) is 0 Å². The molecule has 0 aliphatic carbocycles. The van der Waals surface area contributed by atoms with Gasteiger partial charge in [-0.3, -0.25) is 9.59 Å². The molecular formula is C7H10O5. The molecule has 0 fully saturated rings. The maximum absolute atomic E-state index is 10.6. The largest absolute Gasteiger partial charge is 0.391 e. The van der Waals surface area contributed by atoms with Gasteiger partial charge in [-0.15, -0.1) is 0 Å². The number of carbonyl (C=O) groups excluding carboxylic acids is 3. The lowest BCUT2D eigenvalue weighted by Gasteiger charge is -2.02. The molecule has 0 aliphatic rings. The minimum atomic E-state index is -1.35. The van der Waals surface area contributed by atoms with Crippen LogP contribution in [0.1, 0.15) is 20.3 Å². The maximum atomic E-state index is 10.6. The summed E-state index contributed by atoms with van der Waals surface area (Å²) in [4.78, 5) is 31.5. The van der Waals surface area contributed by atoms with Crippen LogP contribution in [-0.4, -0.2) is 28.9 Å². The zero-order valence-electron chi connectivity index (χ0n) is 6.86. The standard InChI is InChI=1S/C7H10O5/c1-4(8)3-6(10)12-7(11)5(2)9/h5,9H,3H2,1-2H3. The molecule has 5 heteroatoms. The van der Waals surface area contributed by atoms with Gasteiger partial charge in [-0.05, 0) is 13.8 Å². The summed E-state index contributed by atoms with van der Waals surface area (Å²) < 4.78 is 4.07. The van der Waals surface area contributed by atoms with Crippen LogP contribution >= 0.6 is 0 Å². The van der Waals surface area contributed by atoms with Gasteiger partial charge in [-0.1, -0.05) is 0 Å². The molecule has 68 valence electrons. The van der Waals surface area contributed by atoms with Crippen molar-refractivity contribution in [3.63, 3.8) is 0 Å². The van der Waals surface area contributed by atoms with Crippen LogP contribution in [0.15, 0.2) is 0 Å². The van der Waals surface area contributed by atoms with Crippen molar-refractivity contribution in [1.82, 2.24) is 0 Å². The molecule has 0 aromatic heterocycles. The van der Waals surface area contributed by atoms with Gasteiger partial charge in [0.15, 0.2) is 0 Å². The minimum absolute atomic E-state index is 0.390. The second-order valence-electron chi connectivity index (χ2n) is 2.35. The van der Waals surface area contributed by atoms with E-state index in [0.717, 1.165) is 0 Å². The Morgan fingerprint density at radius 3 is 2.25 bits per heavy atom. The fourth-order valence-electron chi connectivity index (χ4n) is 0.437. The third-order valence-electron chi connectivity index (χ3n) is 0.949. The Kier molecular flexibility index (Phi) is 4.14. The average molecular weight is 174 g/mol. The lowest BCUT2D eigenvalue weighted by molar-refractivity contribution is -0.165. The zero-order chi connectivity index (χ0) is 9.72. The van der Waals surface area contributed by atoms with E-state index < -0.39 is 30.2 Å². The highest BCUT2D eigenvalue weighted by atomic mass is 16.6. The molecule has 5 nitrogen and oxygen atoms in total. The summed E-state index contributed by atoms with van der Waals surface area (Å²) >= 11 is 0.